The number of aromatic amines is 1. The number of pyridine rings is 1. The number of aromatic nitrogens is 4. The average molecular weight is 534 g/mol. The van der Waals surface area contributed by atoms with Gasteiger partial charge in [-0.1, -0.05) is 13.0 Å². The molecule has 11 heteroatoms. The number of likely N-dealkylation sites (N-methyl/N-ethyl adjacent to an activating group) is 1. The van der Waals surface area contributed by atoms with Gasteiger partial charge in [0.05, 0.1) is 58.5 Å². The van der Waals surface area contributed by atoms with Gasteiger partial charge in [-0.3, -0.25) is 19.7 Å². The maximum absolute atomic E-state index is 13.5. The minimum Gasteiger partial charge on any atom is -0.379 e. The van der Waals surface area contributed by atoms with E-state index in [-0.39, 0.29) is 11.5 Å². The zero-order chi connectivity index (χ0) is 26.4. The van der Waals surface area contributed by atoms with E-state index in [0.717, 1.165) is 45.6 Å². The highest BCUT2D eigenvalue weighted by atomic mass is 32.1. The van der Waals surface area contributed by atoms with E-state index in [1.807, 2.05) is 0 Å². The molecule has 2 N–H and O–H groups in total. The standard InChI is InChI=1S/C27H31N7O3S/c1-16-4-6-21(34(12-16)25(36)24(35)30-20-11-28-9-18-10-29-32-23(18)20)17-5-7-22-19(8-17)31-26(38-22)27(13-33(2)3)14-37-15-27/h5,7-11,16,21H,4,6,12-15H2,1-3H3,(H,29,32)(H,30,35)/t16-,21+/m0/s1. The Morgan fingerprint density at radius 1 is 1.24 bits per heavy atom. The number of rotatable bonds is 5. The number of ether oxygens (including phenoxy) is 1. The Morgan fingerprint density at radius 2 is 2.08 bits per heavy atom. The van der Waals surface area contributed by atoms with Gasteiger partial charge in [-0.25, -0.2) is 4.98 Å². The second kappa shape index (κ2) is 9.72. The van der Waals surface area contributed by atoms with Crippen molar-refractivity contribution in [3.05, 3.63) is 47.4 Å². The summed E-state index contributed by atoms with van der Waals surface area (Å²) in [5, 5.41) is 11.5. The molecule has 0 bridgehead atoms. The van der Waals surface area contributed by atoms with E-state index in [2.05, 4.69) is 64.6 Å². The van der Waals surface area contributed by atoms with Gasteiger partial charge in [-0.05, 0) is 50.6 Å². The Hall–Kier alpha value is -3.41. The molecule has 1 aromatic carbocycles. The number of fused-ring (bicyclic) bond motifs is 2. The van der Waals surface area contributed by atoms with Crippen molar-refractivity contribution in [2.24, 2.45) is 5.92 Å². The number of H-pyrrole nitrogens is 1. The molecule has 2 amide bonds. The normalized spacial score (nSPS) is 21.1. The van der Waals surface area contributed by atoms with Gasteiger partial charge in [0, 0.05) is 24.7 Å². The van der Waals surface area contributed by atoms with Crippen LogP contribution in [0.5, 0.6) is 0 Å². The lowest BCUT2D eigenvalue weighted by Gasteiger charge is -2.41. The Labute approximate surface area is 224 Å². The van der Waals surface area contributed by atoms with Gasteiger partial charge in [0.2, 0.25) is 0 Å². The summed E-state index contributed by atoms with van der Waals surface area (Å²) in [6, 6.07) is 6.07. The summed E-state index contributed by atoms with van der Waals surface area (Å²) in [5.74, 6) is -0.922. The third-order valence-corrected chi connectivity index (χ3v) is 8.78. The monoisotopic (exact) mass is 533 g/mol. The molecule has 2 atom stereocenters. The van der Waals surface area contributed by atoms with E-state index >= 15 is 0 Å². The number of piperidine rings is 1. The lowest BCUT2D eigenvalue weighted by atomic mass is 9.86. The molecule has 2 saturated heterocycles. The van der Waals surface area contributed by atoms with Gasteiger partial charge in [-0.15, -0.1) is 11.3 Å². The molecule has 0 unspecified atom stereocenters. The van der Waals surface area contributed by atoms with Crippen molar-refractivity contribution in [2.45, 2.75) is 31.2 Å². The molecular weight excluding hydrogens is 502 g/mol. The molecule has 3 aromatic heterocycles. The predicted octanol–water partition coefficient (Wildman–Crippen LogP) is 3.34. The lowest BCUT2D eigenvalue weighted by Crippen LogP contribution is -2.53. The lowest BCUT2D eigenvalue weighted by molar-refractivity contribution is -0.146. The topological polar surface area (TPSA) is 116 Å². The number of anilines is 1. The highest BCUT2D eigenvalue weighted by Gasteiger charge is 2.43. The van der Waals surface area contributed by atoms with Crippen LogP contribution in [-0.4, -0.2) is 82.2 Å². The second-order valence-electron chi connectivity index (χ2n) is 10.9. The van der Waals surface area contributed by atoms with Gasteiger partial charge in [0.1, 0.15) is 5.01 Å². The van der Waals surface area contributed by atoms with Gasteiger partial charge in [0.15, 0.2) is 0 Å². The van der Waals surface area contributed by atoms with Gasteiger partial charge >= 0.3 is 11.8 Å². The first kappa shape index (κ1) is 24.9. The Kier molecular flexibility index (Phi) is 6.37. The third-order valence-electron chi connectivity index (χ3n) is 7.50. The van der Waals surface area contributed by atoms with Crippen molar-refractivity contribution >= 4 is 50.0 Å². The van der Waals surface area contributed by atoms with Crippen LogP contribution in [-0.2, 0) is 19.7 Å². The highest BCUT2D eigenvalue weighted by Crippen LogP contribution is 2.40. The van der Waals surface area contributed by atoms with Crippen molar-refractivity contribution in [2.75, 3.05) is 45.7 Å². The number of hydrogen-bond acceptors (Lipinski definition) is 8. The molecule has 38 heavy (non-hydrogen) atoms. The maximum atomic E-state index is 13.5. The smallest absolute Gasteiger partial charge is 0.314 e. The molecule has 198 valence electrons. The number of nitrogens with one attached hydrogen (secondary N) is 2. The van der Waals surface area contributed by atoms with Crippen LogP contribution in [0.1, 0.15) is 36.4 Å². The predicted molar refractivity (Wildman–Crippen MR) is 146 cm³/mol. The fourth-order valence-corrected chi connectivity index (χ4v) is 6.70. The Balaban J connectivity index is 1.26. The van der Waals surface area contributed by atoms with E-state index < -0.39 is 11.8 Å². The van der Waals surface area contributed by atoms with Gasteiger partial charge in [0.25, 0.3) is 0 Å². The zero-order valence-electron chi connectivity index (χ0n) is 21.7. The molecule has 0 aliphatic carbocycles. The number of benzene rings is 1. The fourth-order valence-electron chi connectivity index (χ4n) is 5.61. The summed E-state index contributed by atoms with van der Waals surface area (Å²) in [6.07, 6.45) is 6.57. The molecular formula is C27H31N7O3S. The molecule has 5 heterocycles. The van der Waals surface area contributed by atoms with Crippen LogP contribution < -0.4 is 5.32 Å². The second-order valence-corrected chi connectivity index (χ2v) is 11.9. The van der Waals surface area contributed by atoms with Crippen molar-refractivity contribution in [3.8, 4) is 0 Å². The van der Waals surface area contributed by atoms with Crippen LogP contribution in [0.3, 0.4) is 0 Å². The van der Waals surface area contributed by atoms with Crippen molar-refractivity contribution in [1.29, 1.82) is 0 Å². The van der Waals surface area contributed by atoms with E-state index in [1.165, 1.54) is 6.20 Å². The summed E-state index contributed by atoms with van der Waals surface area (Å²) >= 11 is 1.72. The summed E-state index contributed by atoms with van der Waals surface area (Å²) in [6.45, 7) is 4.88. The number of hydrogen-bond donors (Lipinski definition) is 2. The van der Waals surface area contributed by atoms with Crippen molar-refractivity contribution < 1.29 is 14.3 Å². The first-order chi connectivity index (χ1) is 18.3. The van der Waals surface area contributed by atoms with E-state index in [0.29, 0.717) is 36.9 Å². The molecule has 4 aromatic rings. The summed E-state index contributed by atoms with van der Waals surface area (Å²) in [4.78, 5) is 39.7. The quantitative estimate of drug-likeness (QED) is 0.378. The highest BCUT2D eigenvalue weighted by molar-refractivity contribution is 7.18. The van der Waals surface area contributed by atoms with Crippen LogP contribution in [0, 0.1) is 5.92 Å². The average Bonchev–Trinajstić information content (AvgIpc) is 3.53. The third kappa shape index (κ3) is 4.44. The van der Waals surface area contributed by atoms with Gasteiger partial charge < -0.3 is 19.9 Å². The SMILES string of the molecule is C[C@H]1CC[C@H](c2ccc3sc(C4(CN(C)C)COC4)nc3c2)N(C(=O)C(=O)Nc2cncc3cn[nH]c23)C1. The van der Waals surface area contributed by atoms with E-state index in [1.54, 1.807) is 28.6 Å². The molecule has 2 fully saturated rings. The molecule has 10 nitrogen and oxygen atoms in total. The molecule has 0 radical (unpaired) electrons. The minimum atomic E-state index is -0.680. The summed E-state index contributed by atoms with van der Waals surface area (Å²) in [7, 11) is 4.15. The number of nitrogens with zero attached hydrogens (tertiary/aromatic N) is 5. The van der Waals surface area contributed by atoms with Gasteiger partial charge in [-0.2, -0.15) is 5.10 Å². The summed E-state index contributed by atoms with van der Waals surface area (Å²) < 4.78 is 6.71. The van der Waals surface area contributed by atoms with Crippen LogP contribution in [0.2, 0.25) is 0 Å². The first-order valence-electron chi connectivity index (χ1n) is 12.9. The Bertz CT molecular complexity index is 1510. The van der Waals surface area contributed by atoms with Crippen LogP contribution in [0.25, 0.3) is 21.1 Å². The Morgan fingerprint density at radius 3 is 2.84 bits per heavy atom. The zero-order valence-corrected chi connectivity index (χ0v) is 22.5. The number of amides is 2. The molecule has 6 rings (SSSR count). The molecule has 0 saturated carbocycles. The maximum Gasteiger partial charge on any atom is 0.314 e. The first-order valence-corrected chi connectivity index (χ1v) is 13.7. The number of carbonyl (C=O) groups is 2. The largest absolute Gasteiger partial charge is 0.379 e. The molecule has 2 aliphatic heterocycles. The number of carbonyl (C=O) groups excluding carboxylic acids is 2. The van der Waals surface area contributed by atoms with E-state index in [9.17, 15) is 9.59 Å². The number of likely N-dealkylation sites (tertiary alicyclic amines) is 1. The fraction of sp³-hybridized carbons (Fsp3) is 0.444. The van der Waals surface area contributed by atoms with Crippen LogP contribution in [0.15, 0.2) is 36.8 Å². The summed E-state index contributed by atoms with van der Waals surface area (Å²) in [5.41, 5.74) is 2.94. The van der Waals surface area contributed by atoms with E-state index in [4.69, 9.17) is 9.72 Å². The number of thiazole rings is 1. The minimum absolute atomic E-state index is 0.0694. The molecule has 0 spiro atoms. The van der Waals surface area contributed by atoms with Crippen molar-refractivity contribution in [1.82, 2.24) is 30.0 Å². The van der Waals surface area contributed by atoms with Crippen LogP contribution in [0.4, 0.5) is 5.69 Å². The molecule has 2 aliphatic rings. The van der Waals surface area contributed by atoms with Crippen LogP contribution >= 0.6 is 11.3 Å². The van der Waals surface area contributed by atoms with Crippen molar-refractivity contribution in [3.63, 3.8) is 0 Å².